The van der Waals surface area contributed by atoms with E-state index in [-0.39, 0.29) is 11.9 Å². The molecule has 0 amide bonds. The summed E-state index contributed by atoms with van der Waals surface area (Å²) in [5.74, 6) is -0.246. The second kappa shape index (κ2) is 11.2. The number of sulfonamides is 1. The lowest BCUT2D eigenvalue weighted by Gasteiger charge is -2.32. The fourth-order valence-electron chi connectivity index (χ4n) is 4.30. The smallest absolute Gasteiger partial charge is 0.431 e. The standard InChI is InChI=1S/C25H32FN3O7S/c1-15(2)22-20(10-9-18-13-19(36-25(30)35-18)14-21-33-11-12-34-21)23(16-5-7-17(26)8-6-16)28-24(27-22)29(3)37(4,31)32/h5-10,15,18-19,21-22H,11-14H2,1-4H3,(H,27,28)/b10-9+/t18-,19-,22?/m1/s1. The van der Waals surface area contributed by atoms with Gasteiger partial charge in [0.25, 0.3) is 0 Å². The molecular formula is C25H32FN3O7S. The highest BCUT2D eigenvalue weighted by Gasteiger charge is 2.34. The number of benzene rings is 1. The number of carbonyl (C=O) groups is 1. The number of hydrogen-bond acceptors (Lipinski definition) is 9. The number of carbonyl (C=O) groups excluding carboxylic acids is 1. The number of ether oxygens (including phenoxy) is 4. The first kappa shape index (κ1) is 27.1. The molecule has 1 N–H and O–H groups in total. The van der Waals surface area contributed by atoms with E-state index in [1.165, 1.54) is 19.2 Å². The SMILES string of the molecule is CC(C)C1N=C(N(C)S(C)(=O)=O)NC(c2ccc(F)cc2)=C1/C=C/[C@@H]1C[C@H](CC2OCCO2)OC(=O)O1. The molecule has 0 radical (unpaired) electrons. The molecule has 202 valence electrons. The molecule has 3 aliphatic heterocycles. The van der Waals surface area contributed by atoms with Gasteiger partial charge in [-0.25, -0.2) is 26.9 Å². The lowest BCUT2D eigenvalue weighted by molar-refractivity contribution is -0.102. The summed E-state index contributed by atoms with van der Waals surface area (Å²) in [7, 11) is -2.17. The molecule has 3 heterocycles. The average molecular weight is 538 g/mol. The predicted molar refractivity (Wildman–Crippen MR) is 134 cm³/mol. The Morgan fingerprint density at radius 1 is 1.19 bits per heavy atom. The van der Waals surface area contributed by atoms with Gasteiger partial charge in [-0.1, -0.05) is 19.9 Å². The number of rotatable bonds is 7. The zero-order chi connectivity index (χ0) is 26.7. The molecule has 0 spiro atoms. The number of halogens is 1. The quantitative estimate of drug-likeness (QED) is 0.528. The largest absolute Gasteiger partial charge is 0.509 e. The van der Waals surface area contributed by atoms with Crippen molar-refractivity contribution in [1.29, 1.82) is 0 Å². The van der Waals surface area contributed by atoms with Crippen molar-refractivity contribution in [2.24, 2.45) is 10.9 Å². The summed E-state index contributed by atoms with van der Waals surface area (Å²) in [5.41, 5.74) is 1.98. The fraction of sp³-hybridized carbons (Fsp3) is 0.520. The van der Waals surface area contributed by atoms with E-state index >= 15 is 0 Å². The Balaban J connectivity index is 1.66. The highest BCUT2D eigenvalue weighted by molar-refractivity contribution is 7.88. The van der Waals surface area contributed by atoms with Crippen molar-refractivity contribution in [3.63, 3.8) is 0 Å². The van der Waals surface area contributed by atoms with Crippen LogP contribution in [0.5, 0.6) is 0 Å². The normalized spacial score (nSPS) is 25.2. The molecule has 0 aromatic heterocycles. The second-order valence-electron chi connectivity index (χ2n) is 9.48. The van der Waals surface area contributed by atoms with Crippen LogP contribution >= 0.6 is 0 Å². The summed E-state index contributed by atoms with van der Waals surface area (Å²) in [4.78, 5) is 16.8. The molecule has 10 nitrogen and oxygen atoms in total. The molecule has 3 aliphatic rings. The topological polar surface area (TPSA) is 116 Å². The van der Waals surface area contributed by atoms with Gasteiger partial charge in [0.15, 0.2) is 6.29 Å². The second-order valence-corrected chi connectivity index (χ2v) is 11.5. The van der Waals surface area contributed by atoms with Crippen LogP contribution in [-0.2, 0) is 29.0 Å². The summed E-state index contributed by atoms with van der Waals surface area (Å²) in [6.45, 7) is 4.96. The summed E-state index contributed by atoms with van der Waals surface area (Å²) >= 11 is 0. The van der Waals surface area contributed by atoms with Crippen LogP contribution in [0.1, 0.15) is 32.3 Å². The molecule has 0 bridgehead atoms. The van der Waals surface area contributed by atoms with E-state index in [1.54, 1.807) is 18.2 Å². The predicted octanol–water partition coefficient (Wildman–Crippen LogP) is 3.03. The molecule has 4 rings (SSSR count). The van der Waals surface area contributed by atoms with Gasteiger partial charge < -0.3 is 24.3 Å². The first-order chi connectivity index (χ1) is 17.5. The summed E-state index contributed by atoms with van der Waals surface area (Å²) in [5, 5.41) is 3.12. The van der Waals surface area contributed by atoms with Crippen molar-refractivity contribution < 1.29 is 36.6 Å². The van der Waals surface area contributed by atoms with Crippen LogP contribution < -0.4 is 5.32 Å². The summed E-state index contributed by atoms with van der Waals surface area (Å²) in [6.07, 6.45) is 3.32. The summed E-state index contributed by atoms with van der Waals surface area (Å²) in [6, 6.07) is 5.46. The van der Waals surface area contributed by atoms with E-state index in [4.69, 9.17) is 18.9 Å². The van der Waals surface area contributed by atoms with Gasteiger partial charge in [-0.15, -0.1) is 0 Å². The van der Waals surface area contributed by atoms with Crippen LogP contribution in [0.4, 0.5) is 9.18 Å². The zero-order valence-electron chi connectivity index (χ0n) is 21.2. The molecular weight excluding hydrogens is 505 g/mol. The lowest BCUT2D eigenvalue weighted by atomic mass is 9.90. The minimum Gasteiger partial charge on any atom is -0.431 e. The van der Waals surface area contributed by atoms with Crippen molar-refractivity contribution in [3.05, 3.63) is 53.4 Å². The van der Waals surface area contributed by atoms with Gasteiger partial charge in [-0.05, 0) is 41.8 Å². The first-order valence-corrected chi connectivity index (χ1v) is 13.9. The van der Waals surface area contributed by atoms with Crippen LogP contribution in [0.15, 0.2) is 47.0 Å². The maximum absolute atomic E-state index is 13.7. The molecule has 2 fully saturated rings. The minimum absolute atomic E-state index is 0.0122. The Kier molecular flexibility index (Phi) is 8.20. The number of aliphatic imine (C=N–C) groups is 1. The van der Waals surface area contributed by atoms with Gasteiger partial charge in [0.1, 0.15) is 18.0 Å². The summed E-state index contributed by atoms with van der Waals surface area (Å²) < 4.78 is 60.9. The molecule has 12 heteroatoms. The van der Waals surface area contributed by atoms with E-state index < -0.39 is 46.5 Å². The number of cyclic esters (lactones) is 2. The molecule has 0 aliphatic carbocycles. The van der Waals surface area contributed by atoms with Gasteiger partial charge in [0, 0.05) is 25.5 Å². The van der Waals surface area contributed by atoms with Crippen molar-refractivity contribution in [2.45, 2.75) is 51.2 Å². The van der Waals surface area contributed by atoms with Crippen molar-refractivity contribution in [3.8, 4) is 0 Å². The zero-order valence-corrected chi connectivity index (χ0v) is 22.0. The molecule has 0 saturated carbocycles. The van der Waals surface area contributed by atoms with Crippen molar-refractivity contribution in [1.82, 2.24) is 9.62 Å². The third kappa shape index (κ3) is 6.68. The molecule has 1 aromatic rings. The molecule has 1 aromatic carbocycles. The molecule has 37 heavy (non-hydrogen) atoms. The Morgan fingerprint density at radius 2 is 1.86 bits per heavy atom. The van der Waals surface area contributed by atoms with Crippen molar-refractivity contribution in [2.75, 3.05) is 26.5 Å². The maximum atomic E-state index is 13.7. The first-order valence-electron chi connectivity index (χ1n) is 12.1. The minimum atomic E-state index is -3.59. The highest BCUT2D eigenvalue weighted by atomic mass is 32.2. The number of nitrogens with one attached hydrogen (secondary N) is 1. The monoisotopic (exact) mass is 537 g/mol. The van der Waals surface area contributed by atoms with Gasteiger partial charge in [0.2, 0.25) is 16.0 Å². The van der Waals surface area contributed by atoms with Gasteiger partial charge in [-0.2, -0.15) is 0 Å². The van der Waals surface area contributed by atoms with Crippen LogP contribution in [0, 0.1) is 11.7 Å². The average Bonchev–Trinajstić information content (AvgIpc) is 3.34. The molecule has 1 unspecified atom stereocenters. The highest BCUT2D eigenvalue weighted by Crippen LogP contribution is 2.31. The number of hydrogen-bond donors (Lipinski definition) is 1. The number of guanidine groups is 1. The van der Waals surface area contributed by atoms with Gasteiger partial charge in [0.05, 0.1) is 31.2 Å². The Morgan fingerprint density at radius 3 is 2.49 bits per heavy atom. The van der Waals surface area contributed by atoms with E-state index in [1.807, 2.05) is 19.9 Å². The Labute approximate surface area is 216 Å². The fourth-order valence-corrected chi connectivity index (χ4v) is 4.71. The van der Waals surface area contributed by atoms with Crippen LogP contribution in [-0.4, -0.2) is 75.9 Å². The van der Waals surface area contributed by atoms with Gasteiger partial charge in [-0.3, -0.25) is 0 Å². The number of nitrogens with zero attached hydrogens (tertiary/aromatic N) is 2. The van der Waals surface area contributed by atoms with E-state index in [9.17, 15) is 17.6 Å². The Hall–Kier alpha value is -2.96. The molecule has 3 atom stereocenters. The lowest BCUT2D eigenvalue weighted by Crippen LogP contribution is -2.45. The Bertz CT molecular complexity index is 1190. The third-order valence-corrected chi connectivity index (χ3v) is 7.48. The van der Waals surface area contributed by atoms with E-state index in [2.05, 4.69) is 10.3 Å². The van der Waals surface area contributed by atoms with Crippen LogP contribution in [0.25, 0.3) is 5.70 Å². The third-order valence-electron chi connectivity index (χ3n) is 6.31. The van der Waals surface area contributed by atoms with E-state index in [0.717, 1.165) is 16.1 Å². The van der Waals surface area contributed by atoms with Crippen LogP contribution in [0.2, 0.25) is 0 Å². The molecule has 2 saturated heterocycles. The van der Waals surface area contributed by atoms with Crippen LogP contribution in [0.3, 0.4) is 0 Å². The van der Waals surface area contributed by atoms with Crippen molar-refractivity contribution >= 4 is 27.8 Å². The van der Waals surface area contributed by atoms with Gasteiger partial charge >= 0.3 is 6.16 Å². The van der Waals surface area contributed by atoms with E-state index in [0.29, 0.717) is 37.3 Å². The maximum Gasteiger partial charge on any atom is 0.509 e.